The summed E-state index contributed by atoms with van der Waals surface area (Å²) in [7, 11) is 0. The van der Waals surface area contributed by atoms with Gasteiger partial charge in [-0.1, -0.05) is 60.7 Å². The van der Waals surface area contributed by atoms with E-state index in [1.165, 1.54) is 0 Å². The summed E-state index contributed by atoms with van der Waals surface area (Å²) in [5.41, 5.74) is 3.11. The zero-order valence-electron chi connectivity index (χ0n) is 18.5. The monoisotopic (exact) mass is 459 g/mol. The van der Waals surface area contributed by atoms with Gasteiger partial charge in [-0.15, -0.1) is 0 Å². The van der Waals surface area contributed by atoms with Crippen molar-refractivity contribution >= 4 is 22.8 Å². The van der Waals surface area contributed by atoms with E-state index in [2.05, 4.69) is 5.32 Å². The molecule has 7 heteroatoms. The number of nitrogens with one attached hydrogen (secondary N) is 1. The summed E-state index contributed by atoms with van der Waals surface area (Å²) in [6.45, 7) is 0.330. The quantitative estimate of drug-likeness (QED) is 0.245. The number of benzene rings is 3. The van der Waals surface area contributed by atoms with Crippen LogP contribution < -0.4 is 5.32 Å². The summed E-state index contributed by atoms with van der Waals surface area (Å²) in [5.74, 6) is -0.669. The molecule has 0 unspecified atom stereocenters. The van der Waals surface area contributed by atoms with Crippen molar-refractivity contribution in [2.45, 2.75) is 19.1 Å². The highest BCUT2D eigenvalue weighted by Gasteiger charge is 2.18. The van der Waals surface area contributed by atoms with Crippen LogP contribution in [0, 0.1) is 0 Å². The molecule has 0 radical (unpaired) electrons. The molecule has 4 aromatic rings. The third-order valence-electron chi connectivity index (χ3n) is 5.29. The average Bonchev–Trinajstić information content (AvgIpc) is 3.30. The van der Waals surface area contributed by atoms with Crippen LogP contribution in [-0.2, 0) is 20.9 Å². The Balaban J connectivity index is 1.23. The molecule has 0 aliphatic heterocycles. The van der Waals surface area contributed by atoms with E-state index in [1.54, 1.807) is 12.1 Å². The van der Waals surface area contributed by atoms with E-state index in [1.807, 2.05) is 72.8 Å². The Kier molecular flexibility index (Phi) is 7.70. The number of para-hydroxylation sites is 1. The molecule has 0 fully saturated rings. The van der Waals surface area contributed by atoms with Crippen LogP contribution in [0.2, 0.25) is 0 Å². The van der Waals surface area contributed by atoms with Gasteiger partial charge in [0.15, 0.2) is 6.10 Å². The van der Waals surface area contributed by atoms with Crippen LogP contribution in [0.5, 0.6) is 0 Å². The molecule has 0 saturated carbocycles. The van der Waals surface area contributed by atoms with E-state index in [0.717, 1.165) is 27.9 Å². The number of furan rings is 1. The van der Waals surface area contributed by atoms with Crippen molar-refractivity contribution in [3.63, 3.8) is 0 Å². The molecule has 3 aromatic carbocycles. The van der Waals surface area contributed by atoms with Crippen molar-refractivity contribution in [1.29, 1.82) is 0 Å². The van der Waals surface area contributed by atoms with Gasteiger partial charge in [0, 0.05) is 29.5 Å². The number of amides is 1. The maximum atomic E-state index is 12.5. The Morgan fingerprint density at radius 1 is 0.941 bits per heavy atom. The van der Waals surface area contributed by atoms with Gasteiger partial charge in [-0.05, 0) is 29.8 Å². The van der Waals surface area contributed by atoms with E-state index in [4.69, 9.17) is 13.9 Å². The summed E-state index contributed by atoms with van der Waals surface area (Å²) in [4.78, 5) is 23.9. The first-order valence-corrected chi connectivity index (χ1v) is 10.9. The fraction of sp³-hybridized carbons (Fsp3) is 0.185. The van der Waals surface area contributed by atoms with Crippen molar-refractivity contribution < 1.29 is 28.6 Å². The van der Waals surface area contributed by atoms with Crippen LogP contribution in [0.4, 0.5) is 0 Å². The molecule has 0 bridgehead atoms. The summed E-state index contributed by atoms with van der Waals surface area (Å²) in [6.07, 6.45) is -0.959. The number of hydrogen-bond acceptors (Lipinski definition) is 5. The van der Waals surface area contributed by atoms with Crippen molar-refractivity contribution in [2.24, 2.45) is 0 Å². The molecule has 1 heterocycles. The Bertz CT molecular complexity index is 1200. The van der Waals surface area contributed by atoms with Gasteiger partial charge in [0.2, 0.25) is 0 Å². The van der Waals surface area contributed by atoms with Gasteiger partial charge in [0.05, 0.1) is 6.61 Å². The largest absolute Gasteiger partial charge is 0.479 e. The van der Waals surface area contributed by atoms with Gasteiger partial charge < -0.3 is 24.3 Å². The number of ether oxygens (including phenoxy) is 2. The first kappa shape index (κ1) is 23.2. The second-order valence-corrected chi connectivity index (χ2v) is 7.72. The Morgan fingerprint density at radius 2 is 1.68 bits per heavy atom. The molecule has 0 aliphatic rings. The van der Waals surface area contributed by atoms with Crippen molar-refractivity contribution in [3.8, 4) is 11.3 Å². The second-order valence-electron chi connectivity index (χ2n) is 7.72. The van der Waals surface area contributed by atoms with Gasteiger partial charge in [-0.3, -0.25) is 4.79 Å². The second kappa shape index (κ2) is 11.3. The van der Waals surface area contributed by atoms with E-state index in [-0.39, 0.29) is 25.7 Å². The Labute approximate surface area is 196 Å². The summed E-state index contributed by atoms with van der Waals surface area (Å²) in [5, 5.41) is 13.1. The first-order valence-electron chi connectivity index (χ1n) is 10.9. The molecule has 0 aliphatic carbocycles. The predicted molar refractivity (Wildman–Crippen MR) is 127 cm³/mol. The van der Waals surface area contributed by atoms with Crippen molar-refractivity contribution in [2.75, 3.05) is 13.3 Å². The molecule has 7 nitrogen and oxygen atoms in total. The summed E-state index contributed by atoms with van der Waals surface area (Å²) < 4.78 is 16.6. The molecule has 4 rings (SSSR count). The fourth-order valence-corrected chi connectivity index (χ4v) is 3.47. The maximum absolute atomic E-state index is 12.5. The average molecular weight is 459 g/mol. The van der Waals surface area contributed by atoms with Crippen LogP contribution in [0.25, 0.3) is 22.3 Å². The third-order valence-corrected chi connectivity index (χ3v) is 5.29. The van der Waals surface area contributed by atoms with Crippen LogP contribution in [-0.4, -0.2) is 36.4 Å². The van der Waals surface area contributed by atoms with Gasteiger partial charge in [0.25, 0.3) is 5.91 Å². The molecule has 174 valence electrons. The number of carbonyl (C=O) groups excluding carboxylic acids is 1. The number of aliphatic carboxylic acids is 1. The normalized spacial score (nSPS) is 11.9. The molecule has 34 heavy (non-hydrogen) atoms. The molecule has 1 atom stereocenters. The lowest BCUT2D eigenvalue weighted by molar-refractivity contribution is -0.162. The van der Waals surface area contributed by atoms with Gasteiger partial charge in [-0.2, -0.15) is 0 Å². The summed E-state index contributed by atoms with van der Waals surface area (Å²) >= 11 is 0. The number of carboxylic acid groups (broad SMARTS) is 1. The highest BCUT2D eigenvalue weighted by atomic mass is 16.7. The van der Waals surface area contributed by atoms with Crippen LogP contribution >= 0.6 is 0 Å². The third kappa shape index (κ3) is 6.10. The molecule has 0 saturated heterocycles. The molecule has 2 N–H and O–H groups in total. The van der Waals surface area contributed by atoms with Crippen LogP contribution in [0.1, 0.15) is 22.3 Å². The van der Waals surface area contributed by atoms with E-state index in [9.17, 15) is 14.7 Å². The zero-order chi connectivity index (χ0) is 23.8. The van der Waals surface area contributed by atoms with E-state index < -0.39 is 12.1 Å². The van der Waals surface area contributed by atoms with Crippen LogP contribution in [0.3, 0.4) is 0 Å². The van der Waals surface area contributed by atoms with E-state index in [0.29, 0.717) is 12.2 Å². The zero-order valence-corrected chi connectivity index (χ0v) is 18.5. The number of rotatable bonds is 11. The lowest BCUT2D eigenvalue weighted by Crippen LogP contribution is -2.32. The summed E-state index contributed by atoms with van der Waals surface area (Å²) in [6, 6.07) is 26.3. The molecule has 1 amide bonds. The highest BCUT2D eigenvalue weighted by Crippen LogP contribution is 2.27. The minimum Gasteiger partial charge on any atom is -0.479 e. The van der Waals surface area contributed by atoms with Gasteiger partial charge >= 0.3 is 5.97 Å². The fourth-order valence-electron chi connectivity index (χ4n) is 3.47. The van der Waals surface area contributed by atoms with Gasteiger partial charge in [-0.25, -0.2) is 4.79 Å². The number of carbonyl (C=O) groups is 2. The molecule has 0 spiro atoms. The number of fused-ring (bicyclic) bond motifs is 1. The van der Waals surface area contributed by atoms with Crippen LogP contribution in [0.15, 0.2) is 89.3 Å². The van der Waals surface area contributed by atoms with Gasteiger partial charge in [0.1, 0.15) is 18.1 Å². The molecular weight excluding hydrogens is 434 g/mol. The molecular formula is C27H25NO6. The van der Waals surface area contributed by atoms with E-state index >= 15 is 0 Å². The minimum atomic E-state index is -1.10. The number of carboxylic acids is 1. The molecule has 1 aromatic heterocycles. The lowest BCUT2D eigenvalue weighted by Gasteiger charge is -2.14. The Morgan fingerprint density at radius 3 is 2.41 bits per heavy atom. The Hall–Kier alpha value is -3.94. The highest BCUT2D eigenvalue weighted by molar-refractivity contribution is 5.94. The SMILES string of the molecule is O=C(NCC[C@@H](OCOCc1ccccc1)C(=O)O)c1ccc(-c2cc3ccccc3o2)cc1. The van der Waals surface area contributed by atoms with Crippen molar-refractivity contribution in [1.82, 2.24) is 5.32 Å². The minimum absolute atomic E-state index is 0.118. The maximum Gasteiger partial charge on any atom is 0.332 e. The van der Waals surface area contributed by atoms with Crippen molar-refractivity contribution in [3.05, 3.63) is 96.1 Å². The number of hydrogen-bond donors (Lipinski definition) is 2. The smallest absolute Gasteiger partial charge is 0.332 e. The lowest BCUT2D eigenvalue weighted by atomic mass is 10.1. The predicted octanol–water partition coefficient (Wildman–Crippen LogP) is 4.86. The standard InChI is InChI=1S/C27H25NO6/c29-26(21-12-10-20(11-13-21)25-16-22-8-4-5-9-23(22)34-25)28-15-14-24(27(30)31)33-18-32-17-19-6-2-1-3-7-19/h1-13,16,24H,14-15,17-18H2,(H,28,29)(H,30,31)/t24-/m1/s1. The first-order chi connectivity index (χ1) is 16.6. The topological polar surface area (TPSA) is 98.0 Å².